The molecule has 1 aliphatic rings. The highest BCUT2D eigenvalue weighted by Crippen LogP contribution is 2.21. The fourth-order valence-corrected chi connectivity index (χ4v) is 2.76. The van der Waals surface area contributed by atoms with Gasteiger partial charge in [-0.1, -0.05) is 0 Å². The van der Waals surface area contributed by atoms with Crippen LogP contribution < -0.4 is 0 Å². The number of carbonyl (C=O) groups is 1. The maximum atomic E-state index is 12.5. The van der Waals surface area contributed by atoms with Crippen LogP contribution in [0.5, 0.6) is 0 Å². The number of rotatable bonds is 4. The van der Waals surface area contributed by atoms with E-state index in [-0.39, 0.29) is 18.9 Å². The SMILES string of the molecule is O=C1CC(CS(=O)(=O)F)CN1Cc1cnc[nH]1. The molecule has 1 amide bonds. The number of halogens is 1. The number of imidazole rings is 1. The molecule has 0 saturated carbocycles. The summed E-state index contributed by atoms with van der Waals surface area (Å²) in [7, 11) is -4.52. The largest absolute Gasteiger partial charge is 0.347 e. The number of hydrogen-bond donors (Lipinski definition) is 1. The molecule has 1 fully saturated rings. The molecule has 17 heavy (non-hydrogen) atoms. The van der Waals surface area contributed by atoms with Gasteiger partial charge in [0.15, 0.2) is 0 Å². The highest BCUT2D eigenvalue weighted by molar-refractivity contribution is 7.86. The third-order valence-corrected chi connectivity index (χ3v) is 3.51. The Hall–Kier alpha value is -1.44. The molecule has 0 bridgehead atoms. The summed E-state index contributed by atoms with van der Waals surface area (Å²) in [6.07, 6.45) is 3.17. The van der Waals surface area contributed by atoms with E-state index in [9.17, 15) is 17.1 Å². The van der Waals surface area contributed by atoms with Crippen LogP contribution in [0.1, 0.15) is 12.1 Å². The Morgan fingerprint density at radius 2 is 2.35 bits per heavy atom. The molecule has 1 aromatic heterocycles. The lowest BCUT2D eigenvalue weighted by atomic mass is 10.1. The zero-order valence-electron chi connectivity index (χ0n) is 8.97. The summed E-state index contributed by atoms with van der Waals surface area (Å²) in [5.74, 6) is -1.20. The first-order valence-electron chi connectivity index (χ1n) is 5.11. The predicted octanol–water partition coefficient (Wildman–Crippen LogP) is 0.0575. The van der Waals surface area contributed by atoms with Gasteiger partial charge in [0.25, 0.3) is 0 Å². The second-order valence-corrected chi connectivity index (χ2v) is 5.54. The number of H-pyrrole nitrogens is 1. The van der Waals surface area contributed by atoms with E-state index in [4.69, 9.17) is 0 Å². The molecule has 0 spiro atoms. The zero-order chi connectivity index (χ0) is 12.5. The number of nitrogens with zero attached hydrogens (tertiary/aromatic N) is 2. The maximum absolute atomic E-state index is 12.5. The molecular weight excluding hydrogens is 249 g/mol. The fraction of sp³-hybridized carbons (Fsp3) is 0.556. The van der Waals surface area contributed by atoms with Gasteiger partial charge in [-0.15, -0.1) is 3.89 Å². The van der Waals surface area contributed by atoms with Gasteiger partial charge in [0.05, 0.1) is 24.3 Å². The number of nitrogens with one attached hydrogen (secondary N) is 1. The summed E-state index contributed by atoms with van der Waals surface area (Å²) in [5, 5.41) is 0. The molecule has 1 saturated heterocycles. The van der Waals surface area contributed by atoms with Crippen LogP contribution in [-0.2, 0) is 21.6 Å². The van der Waals surface area contributed by atoms with Crippen LogP contribution in [0.4, 0.5) is 3.89 Å². The molecule has 0 aliphatic carbocycles. The maximum Gasteiger partial charge on any atom is 0.302 e. The standard InChI is InChI=1S/C9H12FN3O3S/c10-17(15,16)5-7-1-9(14)13(3-7)4-8-2-11-6-12-8/h2,6-7H,1,3-5H2,(H,11,12). The smallest absolute Gasteiger partial charge is 0.302 e. The number of aromatic amines is 1. The van der Waals surface area contributed by atoms with Crippen molar-refractivity contribution in [3.63, 3.8) is 0 Å². The Kier molecular flexibility index (Phi) is 3.14. The lowest BCUT2D eigenvalue weighted by Crippen LogP contribution is -2.25. The van der Waals surface area contributed by atoms with Crippen molar-refractivity contribution >= 4 is 16.1 Å². The number of amides is 1. The van der Waals surface area contributed by atoms with Crippen molar-refractivity contribution in [3.05, 3.63) is 18.2 Å². The van der Waals surface area contributed by atoms with Gasteiger partial charge >= 0.3 is 10.2 Å². The van der Waals surface area contributed by atoms with Crippen molar-refractivity contribution in [2.75, 3.05) is 12.3 Å². The van der Waals surface area contributed by atoms with Crippen LogP contribution >= 0.6 is 0 Å². The molecule has 94 valence electrons. The van der Waals surface area contributed by atoms with E-state index in [0.29, 0.717) is 6.54 Å². The Labute approximate surface area is 98.1 Å². The van der Waals surface area contributed by atoms with E-state index in [0.717, 1.165) is 5.69 Å². The Balaban J connectivity index is 1.96. The van der Waals surface area contributed by atoms with E-state index >= 15 is 0 Å². The lowest BCUT2D eigenvalue weighted by Gasteiger charge is -2.14. The Morgan fingerprint density at radius 1 is 1.59 bits per heavy atom. The Morgan fingerprint density at radius 3 is 2.94 bits per heavy atom. The molecular formula is C9H12FN3O3S. The quantitative estimate of drug-likeness (QED) is 0.777. The molecule has 0 radical (unpaired) electrons. The summed E-state index contributed by atoms with van der Waals surface area (Å²) in [5.41, 5.74) is 0.766. The van der Waals surface area contributed by atoms with Crippen molar-refractivity contribution in [1.82, 2.24) is 14.9 Å². The monoisotopic (exact) mass is 261 g/mol. The van der Waals surface area contributed by atoms with Crippen LogP contribution in [0, 0.1) is 5.92 Å². The molecule has 8 heteroatoms. The first-order chi connectivity index (χ1) is 7.94. The molecule has 1 aromatic rings. The average molecular weight is 261 g/mol. The highest BCUT2D eigenvalue weighted by Gasteiger charge is 2.32. The molecule has 2 rings (SSSR count). The minimum Gasteiger partial charge on any atom is -0.347 e. The van der Waals surface area contributed by atoms with Crippen LogP contribution in [0.15, 0.2) is 12.5 Å². The topological polar surface area (TPSA) is 83.1 Å². The summed E-state index contributed by atoms with van der Waals surface area (Å²) in [6, 6.07) is 0. The first kappa shape index (κ1) is 12.0. The number of aromatic nitrogens is 2. The van der Waals surface area contributed by atoms with Crippen molar-refractivity contribution in [3.8, 4) is 0 Å². The van der Waals surface area contributed by atoms with Crippen LogP contribution in [0.3, 0.4) is 0 Å². The van der Waals surface area contributed by atoms with Gasteiger partial charge in [0.1, 0.15) is 0 Å². The van der Waals surface area contributed by atoms with Gasteiger partial charge in [-0.2, -0.15) is 8.42 Å². The summed E-state index contributed by atoms with van der Waals surface area (Å²) < 4.78 is 33.5. The van der Waals surface area contributed by atoms with Crippen molar-refractivity contribution in [2.24, 2.45) is 5.92 Å². The van der Waals surface area contributed by atoms with Crippen LogP contribution in [0.25, 0.3) is 0 Å². The molecule has 1 N–H and O–H groups in total. The number of hydrogen-bond acceptors (Lipinski definition) is 4. The minimum absolute atomic E-state index is 0.0806. The van der Waals surface area contributed by atoms with E-state index in [1.165, 1.54) is 11.2 Å². The van der Waals surface area contributed by atoms with E-state index < -0.39 is 21.9 Å². The Bertz CT molecular complexity index is 500. The van der Waals surface area contributed by atoms with Crippen molar-refractivity contribution in [1.29, 1.82) is 0 Å². The zero-order valence-corrected chi connectivity index (χ0v) is 9.78. The lowest BCUT2D eigenvalue weighted by molar-refractivity contribution is -0.128. The van der Waals surface area contributed by atoms with Gasteiger partial charge in [-0.3, -0.25) is 4.79 Å². The molecule has 1 unspecified atom stereocenters. The molecule has 2 heterocycles. The van der Waals surface area contributed by atoms with Crippen molar-refractivity contribution in [2.45, 2.75) is 13.0 Å². The van der Waals surface area contributed by atoms with Crippen LogP contribution in [-0.4, -0.2) is 41.5 Å². The number of carbonyl (C=O) groups excluding carboxylic acids is 1. The third-order valence-electron chi connectivity index (χ3n) is 2.65. The van der Waals surface area contributed by atoms with Gasteiger partial charge < -0.3 is 9.88 Å². The highest BCUT2D eigenvalue weighted by atomic mass is 32.3. The summed E-state index contributed by atoms with van der Waals surface area (Å²) >= 11 is 0. The van der Waals surface area contributed by atoms with Crippen molar-refractivity contribution < 1.29 is 17.1 Å². The average Bonchev–Trinajstić information content (AvgIpc) is 2.75. The van der Waals surface area contributed by atoms with Gasteiger partial charge in [-0.05, 0) is 0 Å². The second-order valence-electron chi connectivity index (χ2n) is 4.13. The van der Waals surface area contributed by atoms with Gasteiger partial charge in [-0.25, -0.2) is 4.98 Å². The van der Waals surface area contributed by atoms with Gasteiger partial charge in [0, 0.05) is 25.1 Å². The third kappa shape index (κ3) is 3.26. The minimum atomic E-state index is -4.52. The first-order valence-corrected chi connectivity index (χ1v) is 6.66. The van der Waals surface area contributed by atoms with E-state index in [1.807, 2.05) is 0 Å². The van der Waals surface area contributed by atoms with E-state index in [2.05, 4.69) is 9.97 Å². The van der Waals surface area contributed by atoms with E-state index in [1.54, 1.807) is 6.20 Å². The summed E-state index contributed by atoms with van der Waals surface area (Å²) in [6.45, 7) is 0.614. The molecule has 1 atom stereocenters. The normalized spacial score (nSPS) is 21.1. The molecule has 0 aromatic carbocycles. The molecule has 6 nitrogen and oxygen atoms in total. The number of likely N-dealkylation sites (tertiary alicyclic amines) is 1. The fourth-order valence-electron chi connectivity index (χ4n) is 1.98. The van der Waals surface area contributed by atoms with Crippen LogP contribution in [0.2, 0.25) is 0 Å². The summed E-state index contributed by atoms with van der Waals surface area (Å²) in [4.78, 5) is 19.7. The molecule has 1 aliphatic heterocycles. The predicted molar refractivity (Wildman–Crippen MR) is 57.0 cm³/mol. The second kappa shape index (κ2) is 4.44. The van der Waals surface area contributed by atoms with Gasteiger partial charge in [0.2, 0.25) is 5.91 Å².